The number of aromatic nitrogens is 2. The summed E-state index contributed by atoms with van der Waals surface area (Å²) >= 11 is 6.29. The molecule has 1 aromatic heterocycles. The van der Waals surface area contributed by atoms with Crippen molar-refractivity contribution in [1.82, 2.24) is 15.1 Å². The summed E-state index contributed by atoms with van der Waals surface area (Å²) in [5.74, 6) is -0.594. The number of halogens is 2. The van der Waals surface area contributed by atoms with E-state index in [0.29, 0.717) is 39.6 Å². The Morgan fingerprint density at radius 2 is 2.03 bits per heavy atom. The summed E-state index contributed by atoms with van der Waals surface area (Å²) in [4.78, 5) is 14.9. The molecule has 0 radical (unpaired) electrons. The van der Waals surface area contributed by atoms with Crippen LogP contribution in [0.15, 0.2) is 36.4 Å². The van der Waals surface area contributed by atoms with E-state index in [4.69, 9.17) is 11.6 Å². The molecule has 2 heterocycles. The number of unbranched alkanes of at least 4 members (excludes halogenated alkanes) is 2. The van der Waals surface area contributed by atoms with Gasteiger partial charge in [-0.2, -0.15) is 5.10 Å². The Labute approximate surface area is 179 Å². The van der Waals surface area contributed by atoms with Gasteiger partial charge in [0, 0.05) is 28.3 Å². The van der Waals surface area contributed by atoms with Crippen LogP contribution in [0.5, 0.6) is 5.75 Å². The van der Waals surface area contributed by atoms with Gasteiger partial charge in [-0.25, -0.2) is 4.39 Å². The lowest BCUT2D eigenvalue weighted by Gasteiger charge is -2.26. The molecule has 1 atom stereocenters. The van der Waals surface area contributed by atoms with Crippen molar-refractivity contribution in [2.75, 3.05) is 6.54 Å². The van der Waals surface area contributed by atoms with Gasteiger partial charge in [0.05, 0.1) is 6.04 Å². The molecule has 4 rings (SSSR count). The Bertz CT molecular complexity index is 1110. The molecule has 156 valence electrons. The van der Waals surface area contributed by atoms with Crippen molar-refractivity contribution in [3.05, 3.63) is 69.6 Å². The van der Waals surface area contributed by atoms with Crippen LogP contribution in [0.1, 0.15) is 59.4 Å². The summed E-state index contributed by atoms with van der Waals surface area (Å²) in [6.07, 6.45) is 2.81. The summed E-state index contributed by atoms with van der Waals surface area (Å²) in [5.41, 5.74) is 2.84. The summed E-state index contributed by atoms with van der Waals surface area (Å²) in [5, 5.41) is 18.2. The predicted molar refractivity (Wildman–Crippen MR) is 114 cm³/mol. The molecule has 2 aromatic carbocycles. The van der Waals surface area contributed by atoms with Gasteiger partial charge in [0.1, 0.15) is 23.0 Å². The monoisotopic (exact) mass is 427 g/mol. The molecule has 0 bridgehead atoms. The fraction of sp³-hybridized carbons (Fsp3) is 0.304. The van der Waals surface area contributed by atoms with E-state index in [1.807, 2.05) is 0 Å². The van der Waals surface area contributed by atoms with Gasteiger partial charge in [-0.3, -0.25) is 9.89 Å². The van der Waals surface area contributed by atoms with E-state index in [9.17, 15) is 14.3 Å². The molecular weight excluding hydrogens is 405 g/mol. The van der Waals surface area contributed by atoms with Crippen LogP contribution < -0.4 is 0 Å². The average Bonchev–Trinajstić information content (AvgIpc) is 3.25. The van der Waals surface area contributed by atoms with Crippen LogP contribution in [0.25, 0.3) is 11.3 Å². The fourth-order valence-corrected chi connectivity index (χ4v) is 4.20. The molecule has 0 spiro atoms. The largest absolute Gasteiger partial charge is 0.507 e. The van der Waals surface area contributed by atoms with E-state index in [-0.39, 0.29) is 17.5 Å². The van der Waals surface area contributed by atoms with Crippen LogP contribution in [-0.2, 0) is 0 Å². The number of aromatic amines is 1. The number of aromatic hydroxyl groups is 1. The second kappa shape index (κ2) is 8.11. The van der Waals surface area contributed by atoms with Crippen LogP contribution in [0.3, 0.4) is 0 Å². The second-order valence-electron chi connectivity index (χ2n) is 7.61. The lowest BCUT2D eigenvalue weighted by molar-refractivity contribution is 0.0739. The zero-order valence-electron chi connectivity index (χ0n) is 16.9. The number of hydrogen-bond acceptors (Lipinski definition) is 3. The molecular formula is C23H23ClFN3O2. The maximum absolute atomic E-state index is 14.8. The van der Waals surface area contributed by atoms with E-state index in [1.165, 1.54) is 6.07 Å². The van der Waals surface area contributed by atoms with Crippen molar-refractivity contribution in [3.8, 4) is 17.0 Å². The van der Waals surface area contributed by atoms with Gasteiger partial charge < -0.3 is 10.0 Å². The summed E-state index contributed by atoms with van der Waals surface area (Å²) in [6.45, 7) is 4.39. The van der Waals surface area contributed by atoms with Gasteiger partial charge in [-0.15, -0.1) is 0 Å². The highest BCUT2D eigenvalue weighted by Crippen LogP contribution is 2.45. The zero-order chi connectivity index (χ0) is 21.4. The Morgan fingerprint density at radius 1 is 1.27 bits per heavy atom. The molecule has 2 N–H and O–H groups in total. The van der Waals surface area contributed by atoms with Crippen LogP contribution in [-0.4, -0.2) is 32.7 Å². The molecule has 1 aliphatic heterocycles. The molecule has 5 nitrogen and oxygen atoms in total. The Hall–Kier alpha value is -2.86. The third-order valence-electron chi connectivity index (χ3n) is 5.60. The van der Waals surface area contributed by atoms with Crippen molar-refractivity contribution in [3.63, 3.8) is 0 Å². The van der Waals surface area contributed by atoms with Crippen molar-refractivity contribution < 1.29 is 14.3 Å². The molecule has 0 fully saturated rings. The number of amides is 1. The highest BCUT2D eigenvalue weighted by molar-refractivity contribution is 6.31. The minimum atomic E-state index is -0.626. The molecule has 0 aliphatic carbocycles. The fourth-order valence-electron chi connectivity index (χ4n) is 4.04. The Kier molecular flexibility index (Phi) is 5.52. The molecule has 1 unspecified atom stereocenters. The van der Waals surface area contributed by atoms with E-state index in [2.05, 4.69) is 17.1 Å². The smallest absolute Gasteiger partial charge is 0.273 e. The molecule has 1 amide bonds. The summed E-state index contributed by atoms with van der Waals surface area (Å²) in [6, 6.07) is 9.03. The van der Waals surface area contributed by atoms with Crippen LogP contribution in [0.4, 0.5) is 4.39 Å². The number of H-pyrrole nitrogens is 1. The number of aryl methyl sites for hydroxylation is 1. The van der Waals surface area contributed by atoms with Gasteiger partial charge in [0.2, 0.25) is 0 Å². The second-order valence-corrected chi connectivity index (χ2v) is 8.02. The first-order valence-corrected chi connectivity index (χ1v) is 10.4. The van der Waals surface area contributed by atoms with Crippen LogP contribution in [0.2, 0.25) is 5.02 Å². The quantitative estimate of drug-likeness (QED) is 0.502. The number of phenolic OH excluding ortho intramolecular Hbond substituents is 1. The zero-order valence-corrected chi connectivity index (χ0v) is 17.6. The molecule has 3 aromatic rings. The lowest BCUT2D eigenvalue weighted by atomic mass is 9.95. The highest BCUT2D eigenvalue weighted by Gasteiger charge is 2.43. The first kappa shape index (κ1) is 20.4. The predicted octanol–water partition coefficient (Wildman–Crippen LogP) is 5.62. The molecule has 0 saturated carbocycles. The standard InChI is InChI=1S/C23H23ClFN3O2/c1-3-4-7-10-28-22(14-8-5-6-9-17(14)25)19-20(26-27-21(19)23(28)30)15-12-16(24)13(2)11-18(15)29/h5-6,8-9,11-12,22,29H,3-4,7,10H2,1-2H3,(H,26,27). The Balaban J connectivity index is 1.88. The number of nitrogens with zero attached hydrogens (tertiary/aromatic N) is 2. The highest BCUT2D eigenvalue weighted by atomic mass is 35.5. The summed E-state index contributed by atoms with van der Waals surface area (Å²) < 4.78 is 14.8. The van der Waals surface area contributed by atoms with Gasteiger partial charge >= 0.3 is 0 Å². The molecule has 1 aliphatic rings. The van der Waals surface area contributed by atoms with Gasteiger partial charge in [-0.05, 0) is 37.1 Å². The number of nitrogens with one attached hydrogen (secondary N) is 1. The normalized spacial score (nSPS) is 15.7. The number of benzene rings is 2. The third-order valence-corrected chi connectivity index (χ3v) is 6.01. The maximum Gasteiger partial charge on any atom is 0.273 e. The van der Waals surface area contributed by atoms with Gasteiger partial charge in [0.15, 0.2) is 0 Å². The van der Waals surface area contributed by atoms with Crippen molar-refractivity contribution >= 4 is 17.5 Å². The van der Waals surface area contributed by atoms with Crippen molar-refractivity contribution in [2.24, 2.45) is 0 Å². The van der Waals surface area contributed by atoms with E-state index in [0.717, 1.165) is 24.8 Å². The third kappa shape index (κ3) is 3.35. The minimum Gasteiger partial charge on any atom is -0.507 e. The van der Waals surface area contributed by atoms with Gasteiger partial charge in [0.25, 0.3) is 5.91 Å². The number of hydrogen-bond donors (Lipinski definition) is 2. The first-order valence-electron chi connectivity index (χ1n) is 10.1. The average molecular weight is 428 g/mol. The first-order chi connectivity index (χ1) is 14.4. The summed E-state index contributed by atoms with van der Waals surface area (Å²) in [7, 11) is 0. The molecule has 30 heavy (non-hydrogen) atoms. The molecule has 7 heteroatoms. The number of carbonyl (C=O) groups is 1. The van der Waals surface area contributed by atoms with E-state index >= 15 is 0 Å². The molecule has 0 saturated heterocycles. The maximum atomic E-state index is 14.8. The van der Waals surface area contributed by atoms with Gasteiger partial charge in [-0.1, -0.05) is 49.6 Å². The number of phenols is 1. The topological polar surface area (TPSA) is 69.2 Å². The Morgan fingerprint density at radius 3 is 2.77 bits per heavy atom. The van der Waals surface area contributed by atoms with Crippen molar-refractivity contribution in [1.29, 1.82) is 0 Å². The van der Waals surface area contributed by atoms with Crippen LogP contribution >= 0.6 is 11.6 Å². The van der Waals surface area contributed by atoms with Crippen LogP contribution in [0, 0.1) is 12.7 Å². The number of carbonyl (C=O) groups excluding carboxylic acids is 1. The number of fused-ring (bicyclic) bond motifs is 1. The van der Waals surface area contributed by atoms with E-state index in [1.54, 1.807) is 42.2 Å². The van der Waals surface area contributed by atoms with Crippen molar-refractivity contribution in [2.45, 2.75) is 39.2 Å². The van der Waals surface area contributed by atoms with E-state index < -0.39 is 6.04 Å². The lowest BCUT2D eigenvalue weighted by Crippen LogP contribution is -2.31. The number of rotatable bonds is 6. The SMILES string of the molecule is CCCCCN1C(=O)c2[nH]nc(-c3cc(Cl)c(C)cc3O)c2C1c1ccccc1F. The minimum absolute atomic E-state index is 0.00960.